The first-order chi connectivity index (χ1) is 12.5. The van der Waals surface area contributed by atoms with Crippen molar-refractivity contribution in [1.29, 1.82) is 0 Å². The van der Waals surface area contributed by atoms with Gasteiger partial charge in [0.2, 0.25) is 5.91 Å². The van der Waals surface area contributed by atoms with E-state index in [1.165, 1.54) is 16.7 Å². The summed E-state index contributed by atoms with van der Waals surface area (Å²) in [7, 11) is 0. The van der Waals surface area contributed by atoms with Crippen LogP contribution in [0.4, 0.5) is 0 Å². The molecule has 1 atom stereocenters. The molecule has 0 radical (unpaired) electrons. The summed E-state index contributed by atoms with van der Waals surface area (Å²) < 4.78 is 0. The van der Waals surface area contributed by atoms with Crippen LogP contribution in [-0.4, -0.2) is 28.4 Å². The summed E-state index contributed by atoms with van der Waals surface area (Å²) in [6.07, 6.45) is 4.72. The van der Waals surface area contributed by atoms with Crippen molar-refractivity contribution in [1.82, 2.24) is 15.3 Å². The van der Waals surface area contributed by atoms with Gasteiger partial charge >= 0.3 is 51.4 Å². The van der Waals surface area contributed by atoms with Crippen LogP contribution in [0.15, 0.2) is 42.0 Å². The van der Waals surface area contributed by atoms with Crippen molar-refractivity contribution in [2.24, 2.45) is 5.92 Å². The molecule has 134 valence electrons. The van der Waals surface area contributed by atoms with Gasteiger partial charge in [0.25, 0.3) is 0 Å². The number of pyridine rings is 1. The van der Waals surface area contributed by atoms with Crippen LogP contribution < -0.4 is 61.8 Å². The van der Waals surface area contributed by atoms with Gasteiger partial charge in [-0.3, -0.25) is 9.78 Å². The van der Waals surface area contributed by atoms with Crippen LogP contribution in [0.1, 0.15) is 28.0 Å². The molecule has 2 aromatic heterocycles. The molecule has 1 amide bonds. The Labute approximate surface area is 203 Å². The quantitative estimate of drug-likeness (QED) is 0.486. The molecule has 1 N–H and O–H groups in total. The predicted octanol–water partition coefficient (Wildman–Crippen LogP) is -1.40. The molecule has 0 fully saturated rings. The molecule has 2 heterocycles. The molecule has 0 aliphatic rings. The van der Waals surface area contributed by atoms with Gasteiger partial charge in [0.05, 0.1) is 16.7 Å². The number of carbonyl (C=O) groups is 2. The number of rotatable bonds is 7. The van der Waals surface area contributed by atoms with Gasteiger partial charge < -0.3 is 15.2 Å². The Morgan fingerprint density at radius 2 is 2.04 bits per heavy atom. The fourth-order valence-electron chi connectivity index (χ4n) is 2.75. The third-order valence-corrected chi connectivity index (χ3v) is 5.03. The van der Waals surface area contributed by atoms with E-state index in [2.05, 4.69) is 15.3 Å². The Kier molecular flexibility index (Phi) is 8.52. The predicted molar refractivity (Wildman–Crippen MR) is 97.8 cm³/mol. The van der Waals surface area contributed by atoms with Crippen molar-refractivity contribution in [2.75, 3.05) is 6.54 Å². The maximum absolute atomic E-state index is 12.3. The molecule has 3 aromatic rings. The minimum atomic E-state index is -1.28. The summed E-state index contributed by atoms with van der Waals surface area (Å²) in [6, 6.07) is 7.99. The van der Waals surface area contributed by atoms with E-state index in [0.29, 0.717) is 24.4 Å². The molecule has 0 aliphatic carbocycles. The summed E-state index contributed by atoms with van der Waals surface area (Å²) in [6.45, 7) is 2.30. The number of amides is 1. The molecule has 1 unspecified atom stereocenters. The van der Waals surface area contributed by atoms with E-state index in [1.807, 2.05) is 43.6 Å². The first-order valence-electron chi connectivity index (χ1n) is 8.29. The van der Waals surface area contributed by atoms with Crippen molar-refractivity contribution in [3.63, 3.8) is 0 Å². The molecule has 0 saturated heterocycles. The molecule has 3 rings (SSSR count). The number of aromatic carboxylic acids is 1. The zero-order chi connectivity index (χ0) is 18.5. The Bertz CT molecular complexity index is 939. The van der Waals surface area contributed by atoms with Crippen molar-refractivity contribution in [2.45, 2.75) is 19.8 Å². The third kappa shape index (κ3) is 5.90. The molecule has 0 saturated carbocycles. The number of carboxylic acids is 1. The minimum absolute atomic E-state index is 0. The van der Waals surface area contributed by atoms with Gasteiger partial charge in [0.1, 0.15) is 0 Å². The molecule has 0 spiro atoms. The number of hydrogen-bond acceptors (Lipinski definition) is 6. The fourth-order valence-corrected chi connectivity index (χ4v) is 3.52. The molecule has 0 aliphatic heterocycles. The van der Waals surface area contributed by atoms with Crippen molar-refractivity contribution >= 4 is 34.0 Å². The third-order valence-electron chi connectivity index (χ3n) is 4.12. The number of fused-ring (bicyclic) bond motifs is 1. The molecular weight excluding hydrogens is 389 g/mol. The largest absolute Gasteiger partial charge is 1.00 e. The molecule has 1 aromatic carbocycles. The Balaban J connectivity index is 0.00000261. The number of nitrogens with zero attached hydrogens (tertiary/aromatic N) is 2. The van der Waals surface area contributed by atoms with Crippen molar-refractivity contribution < 1.29 is 66.1 Å². The first kappa shape index (κ1) is 22.1. The van der Waals surface area contributed by atoms with Crippen LogP contribution in [0.3, 0.4) is 0 Å². The smallest absolute Gasteiger partial charge is 0.543 e. The summed E-state index contributed by atoms with van der Waals surface area (Å²) >= 11 is 1.25. The average Bonchev–Trinajstić information content (AvgIpc) is 3.11. The van der Waals surface area contributed by atoms with Gasteiger partial charge in [-0.15, -0.1) is 11.3 Å². The van der Waals surface area contributed by atoms with Crippen LogP contribution in [0.5, 0.6) is 0 Å². The summed E-state index contributed by atoms with van der Waals surface area (Å²) in [4.78, 5) is 31.2. The van der Waals surface area contributed by atoms with E-state index in [-0.39, 0.29) is 68.9 Å². The second-order valence-corrected chi connectivity index (χ2v) is 7.02. The normalized spacial score (nSPS) is 11.6. The molecule has 0 bridgehead atoms. The number of hydrogen-bond donors (Lipinski definition) is 1. The Hall–Kier alpha value is -1.16. The number of benzene rings is 1. The standard InChI is InChI=1S/C19H19N3O3S.K/c1-12(8-14-10-20-9-13-4-2-3-5-15(13)14)18(23)21-7-6-17-22-16(11-26-17)19(24)25;/h2-5,9-12H,6-8H2,1H3,(H,21,23)(H,24,25);/q;+1/p-1. The zero-order valence-corrected chi connectivity index (χ0v) is 19.2. The summed E-state index contributed by atoms with van der Waals surface area (Å²) in [5.74, 6) is -1.53. The van der Waals surface area contributed by atoms with Crippen LogP contribution in [0.25, 0.3) is 10.8 Å². The van der Waals surface area contributed by atoms with E-state index in [0.717, 1.165) is 16.3 Å². The Morgan fingerprint density at radius 1 is 1.26 bits per heavy atom. The van der Waals surface area contributed by atoms with Gasteiger partial charge in [0, 0.05) is 42.0 Å². The van der Waals surface area contributed by atoms with Gasteiger partial charge in [-0.1, -0.05) is 31.2 Å². The van der Waals surface area contributed by atoms with Gasteiger partial charge in [-0.05, 0) is 17.4 Å². The second-order valence-electron chi connectivity index (χ2n) is 6.08. The van der Waals surface area contributed by atoms with Crippen LogP contribution >= 0.6 is 11.3 Å². The van der Waals surface area contributed by atoms with Crippen molar-refractivity contribution in [3.05, 3.63) is 58.3 Å². The maximum Gasteiger partial charge on any atom is 1.00 e. The average molecular weight is 408 g/mol. The van der Waals surface area contributed by atoms with Crippen LogP contribution in [0.2, 0.25) is 0 Å². The van der Waals surface area contributed by atoms with Gasteiger partial charge in [-0.2, -0.15) is 0 Å². The van der Waals surface area contributed by atoms with Gasteiger partial charge in [0.15, 0.2) is 0 Å². The maximum atomic E-state index is 12.3. The first-order valence-corrected chi connectivity index (χ1v) is 9.17. The minimum Gasteiger partial charge on any atom is -0.543 e. The molecule has 27 heavy (non-hydrogen) atoms. The second kappa shape index (κ2) is 10.4. The monoisotopic (exact) mass is 407 g/mol. The van der Waals surface area contributed by atoms with E-state index in [1.54, 1.807) is 0 Å². The van der Waals surface area contributed by atoms with Crippen LogP contribution in [-0.2, 0) is 17.6 Å². The molecule has 6 nitrogen and oxygen atoms in total. The number of carboxylic acid groups (broad SMARTS) is 1. The summed E-state index contributed by atoms with van der Waals surface area (Å²) in [5, 5.41) is 17.9. The van der Waals surface area contributed by atoms with Crippen LogP contribution in [0, 0.1) is 5.92 Å². The van der Waals surface area contributed by atoms with E-state index >= 15 is 0 Å². The summed E-state index contributed by atoms with van der Waals surface area (Å²) in [5.41, 5.74) is 0.984. The zero-order valence-electron chi connectivity index (χ0n) is 15.3. The van der Waals surface area contributed by atoms with Crippen molar-refractivity contribution in [3.8, 4) is 0 Å². The topological polar surface area (TPSA) is 95.0 Å². The fraction of sp³-hybridized carbons (Fsp3) is 0.263. The van der Waals surface area contributed by atoms with E-state index in [9.17, 15) is 14.7 Å². The number of nitrogens with one attached hydrogen (secondary N) is 1. The van der Waals surface area contributed by atoms with E-state index in [4.69, 9.17) is 0 Å². The number of carbonyl (C=O) groups excluding carboxylic acids is 2. The van der Waals surface area contributed by atoms with Gasteiger partial charge in [-0.25, -0.2) is 4.98 Å². The molecule has 8 heteroatoms. The number of thiazole rings is 1. The number of aromatic nitrogens is 2. The molecular formula is C19H18KN3O3S. The Morgan fingerprint density at radius 3 is 2.78 bits per heavy atom. The van der Waals surface area contributed by atoms with E-state index < -0.39 is 5.97 Å². The SMILES string of the molecule is CC(Cc1cncc2ccccc12)C(=O)NCCc1nc(C(=O)[O-])cs1.[K+].